The fourth-order valence-corrected chi connectivity index (χ4v) is 2.88. The number of thiophene rings is 1. The van der Waals surface area contributed by atoms with Crippen LogP contribution in [0.25, 0.3) is 0 Å². The van der Waals surface area contributed by atoms with Gasteiger partial charge in [0.25, 0.3) is 0 Å². The fourth-order valence-electron chi connectivity index (χ4n) is 1.22. The lowest BCUT2D eigenvalue weighted by atomic mass is 10.0. The lowest BCUT2D eigenvalue weighted by Crippen LogP contribution is -2.10. The van der Waals surface area contributed by atoms with Crippen molar-refractivity contribution in [2.24, 2.45) is 11.7 Å². The van der Waals surface area contributed by atoms with Gasteiger partial charge >= 0.3 is 0 Å². The molecule has 0 aromatic carbocycles. The normalized spacial score (nSPS) is 13.6. The Morgan fingerprint density at radius 2 is 2.08 bits per heavy atom. The van der Waals surface area contributed by atoms with Crippen LogP contribution < -0.4 is 5.73 Å². The third-order valence-electron chi connectivity index (χ3n) is 2.10. The van der Waals surface area contributed by atoms with Gasteiger partial charge in [-0.25, -0.2) is 0 Å². The molecule has 2 N–H and O–H groups in total. The minimum absolute atomic E-state index is 0.197. The smallest absolute Gasteiger partial charge is 0.0330 e. The molecule has 1 heterocycles. The molecule has 0 bridgehead atoms. The van der Waals surface area contributed by atoms with Gasteiger partial charge in [-0.05, 0) is 45.6 Å². The largest absolute Gasteiger partial charge is 0.324 e. The van der Waals surface area contributed by atoms with Gasteiger partial charge in [0, 0.05) is 15.9 Å². The Hall–Kier alpha value is 0.140. The van der Waals surface area contributed by atoms with Gasteiger partial charge in [0.1, 0.15) is 0 Å². The highest BCUT2D eigenvalue weighted by Gasteiger charge is 2.10. The number of hydrogen-bond donors (Lipinski definition) is 1. The van der Waals surface area contributed by atoms with Crippen LogP contribution in [0.1, 0.15) is 38.3 Å². The molecule has 0 saturated carbocycles. The first-order chi connectivity index (χ1) is 6.11. The molecule has 0 aliphatic carbocycles. The molecule has 74 valence electrons. The highest BCUT2D eigenvalue weighted by Crippen LogP contribution is 2.29. The minimum atomic E-state index is 0.197. The Bertz CT molecular complexity index is 257. The van der Waals surface area contributed by atoms with Crippen LogP contribution >= 0.6 is 27.3 Å². The van der Waals surface area contributed by atoms with E-state index in [2.05, 4.69) is 40.5 Å². The van der Waals surface area contributed by atoms with Crippen molar-refractivity contribution in [3.05, 3.63) is 20.8 Å². The van der Waals surface area contributed by atoms with Crippen LogP contribution in [0.4, 0.5) is 0 Å². The van der Waals surface area contributed by atoms with E-state index < -0.39 is 0 Å². The highest BCUT2D eigenvalue weighted by atomic mass is 79.9. The third-order valence-corrected chi connectivity index (χ3v) is 3.85. The van der Waals surface area contributed by atoms with Crippen LogP contribution in [-0.2, 0) is 0 Å². The topological polar surface area (TPSA) is 26.0 Å². The molecule has 1 aromatic heterocycles. The van der Waals surface area contributed by atoms with Crippen molar-refractivity contribution in [3.63, 3.8) is 0 Å². The van der Waals surface area contributed by atoms with E-state index in [1.54, 1.807) is 11.3 Å². The monoisotopic (exact) mass is 261 g/mol. The van der Waals surface area contributed by atoms with Crippen LogP contribution in [-0.4, -0.2) is 0 Å². The SMILES string of the molecule is CC(C)CCC(N)c1cscc1Br. The Morgan fingerprint density at radius 1 is 1.38 bits per heavy atom. The van der Waals surface area contributed by atoms with Crippen molar-refractivity contribution >= 4 is 27.3 Å². The Balaban J connectivity index is 2.49. The zero-order chi connectivity index (χ0) is 9.84. The predicted octanol–water partition coefficient (Wildman–Crippen LogP) is 3.95. The molecule has 3 heteroatoms. The van der Waals surface area contributed by atoms with Gasteiger partial charge in [0.05, 0.1) is 0 Å². The number of hydrogen-bond acceptors (Lipinski definition) is 2. The second-order valence-electron chi connectivity index (χ2n) is 3.75. The predicted molar refractivity (Wildman–Crippen MR) is 63.0 cm³/mol. The molecule has 0 fully saturated rings. The molecule has 1 rings (SSSR count). The van der Waals surface area contributed by atoms with Gasteiger partial charge in [-0.15, -0.1) is 0 Å². The molecule has 0 saturated heterocycles. The lowest BCUT2D eigenvalue weighted by Gasteiger charge is -2.12. The number of halogens is 1. The maximum absolute atomic E-state index is 6.07. The van der Waals surface area contributed by atoms with Gasteiger partial charge in [-0.2, -0.15) is 11.3 Å². The Morgan fingerprint density at radius 3 is 2.54 bits per heavy atom. The average molecular weight is 262 g/mol. The maximum Gasteiger partial charge on any atom is 0.0330 e. The zero-order valence-electron chi connectivity index (χ0n) is 8.09. The van der Waals surface area contributed by atoms with E-state index in [9.17, 15) is 0 Å². The third kappa shape index (κ3) is 3.41. The molecular weight excluding hydrogens is 246 g/mol. The van der Waals surface area contributed by atoms with Crippen LogP contribution in [0.2, 0.25) is 0 Å². The van der Waals surface area contributed by atoms with Crippen LogP contribution in [0.15, 0.2) is 15.2 Å². The molecule has 1 unspecified atom stereocenters. The van der Waals surface area contributed by atoms with Gasteiger partial charge in [0.15, 0.2) is 0 Å². The average Bonchev–Trinajstić information content (AvgIpc) is 2.47. The summed E-state index contributed by atoms with van der Waals surface area (Å²) in [5.41, 5.74) is 7.32. The second-order valence-corrected chi connectivity index (χ2v) is 5.35. The van der Waals surface area contributed by atoms with Crippen molar-refractivity contribution in [3.8, 4) is 0 Å². The summed E-state index contributed by atoms with van der Waals surface area (Å²) in [6.45, 7) is 4.46. The van der Waals surface area contributed by atoms with E-state index in [4.69, 9.17) is 5.73 Å². The first-order valence-electron chi connectivity index (χ1n) is 4.58. The van der Waals surface area contributed by atoms with E-state index >= 15 is 0 Å². The standard InChI is InChI=1S/C10H16BrNS/c1-7(2)3-4-10(12)8-5-13-6-9(8)11/h5-7,10H,3-4,12H2,1-2H3. The van der Waals surface area contributed by atoms with Gasteiger partial charge in [-0.1, -0.05) is 13.8 Å². The van der Waals surface area contributed by atoms with Gasteiger partial charge in [0.2, 0.25) is 0 Å². The molecular formula is C10H16BrNS. The second kappa shape index (κ2) is 5.13. The molecule has 0 aliphatic rings. The summed E-state index contributed by atoms with van der Waals surface area (Å²) >= 11 is 5.21. The molecule has 1 nitrogen and oxygen atoms in total. The first kappa shape index (κ1) is 11.2. The van der Waals surface area contributed by atoms with E-state index in [-0.39, 0.29) is 6.04 Å². The van der Waals surface area contributed by atoms with E-state index in [1.807, 2.05) is 0 Å². The van der Waals surface area contributed by atoms with Crippen LogP contribution in [0.5, 0.6) is 0 Å². The zero-order valence-corrected chi connectivity index (χ0v) is 10.5. The van der Waals surface area contributed by atoms with Crippen LogP contribution in [0.3, 0.4) is 0 Å². The first-order valence-corrected chi connectivity index (χ1v) is 6.32. The lowest BCUT2D eigenvalue weighted by molar-refractivity contribution is 0.507. The molecule has 1 atom stereocenters. The number of nitrogens with two attached hydrogens (primary N) is 1. The van der Waals surface area contributed by atoms with Crippen molar-refractivity contribution in [2.75, 3.05) is 0 Å². The Labute approximate surface area is 92.5 Å². The summed E-state index contributed by atoms with van der Waals surface area (Å²) in [6, 6.07) is 0.197. The van der Waals surface area contributed by atoms with E-state index in [0.717, 1.165) is 16.8 Å². The molecule has 1 aromatic rings. The van der Waals surface area contributed by atoms with Crippen molar-refractivity contribution in [1.82, 2.24) is 0 Å². The maximum atomic E-state index is 6.07. The highest BCUT2D eigenvalue weighted by molar-refractivity contribution is 9.10. The molecule has 13 heavy (non-hydrogen) atoms. The molecule has 0 aliphatic heterocycles. The van der Waals surface area contributed by atoms with Gasteiger partial charge in [-0.3, -0.25) is 0 Å². The summed E-state index contributed by atoms with van der Waals surface area (Å²) in [5, 5.41) is 4.22. The molecule has 0 amide bonds. The molecule has 0 radical (unpaired) electrons. The van der Waals surface area contributed by atoms with E-state index in [1.165, 1.54) is 12.0 Å². The van der Waals surface area contributed by atoms with Crippen molar-refractivity contribution in [2.45, 2.75) is 32.7 Å². The van der Waals surface area contributed by atoms with Crippen molar-refractivity contribution < 1.29 is 0 Å². The quantitative estimate of drug-likeness (QED) is 0.873. The number of rotatable bonds is 4. The fraction of sp³-hybridized carbons (Fsp3) is 0.600. The summed E-state index contributed by atoms with van der Waals surface area (Å²) in [4.78, 5) is 0. The summed E-state index contributed by atoms with van der Waals surface area (Å²) in [7, 11) is 0. The van der Waals surface area contributed by atoms with Gasteiger partial charge < -0.3 is 5.73 Å². The summed E-state index contributed by atoms with van der Waals surface area (Å²) in [5.74, 6) is 0.739. The van der Waals surface area contributed by atoms with Crippen molar-refractivity contribution in [1.29, 1.82) is 0 Å². The summed E-state index contributed by atoms with van der Waals surface area (Å²) < 4.78 is 1.16. The van der Waals surface area contributed by atoms with Crippen LogP contribution in [0, 0.1) is 5.92 Å². The molecule has 0 spiro atoms. The minimum Gasteiger partial charge on any atom is -0.324 e. The Kier molecular flexibility index (Phi) is 4.42. The summed E-state index contributed by atoms with van der Waals surface area (Å²) in [6.07, 6.45) is 2.27. The van der Waals surface area contributed by atoms with E-state index in [0.29, 0.717) is 0 Å².